The fraction of sp³-hybridized carbons (Fsp3) is 1.00. The van der Waals surface area contributed by atoms with Gasteiger partial charge in [0.25, 0.3) is 0 Å². The molecule has 0 bridgehead atoms. The summed E-state index contributed by atoms with van der Waals surface area (Å²) in [5.41, 5.74) is 0. The van der Waals surface area contributed by atoms with E-state index < -0.39 is 0 Å². The maximum atomic E-state index is 9.64. The predicted octanol–water partition coefficient (Wildman–Crippen LogP) is 1.49. The SMILES string of the molecule is CCCC(O)C(CC)N(C)C. The van der Waals surface area contributed by atoms with E-state index in [1.807, 2.05) is 14.1 Å². The molecule has 0 fully saturated rings. The van der Waals surface area contributed by atoms with Crippen LogP contribution in [0.3, 0.4) is 0 Å². The third-order valence-electron chi connectivity index (χ3n) is 2.11. The van der Waals surface area contributed by atoms with Crippen molar-refractivity contribution < 1.29 is 5.11 Å². The quantitative estimate of drug-likeness (QED) is 0.657. The minimum Gasteiger partial charge on any atom is -0.391 e. The van der Waals surface area contributed by atoms with Crippen molar-refractivity contribution in [1.29, 1.82) is 0 Å². The van der Waals surface area contributed by atoms with E-state index >= 15 is 0 Å². The predicted molar refractivity (Wildman–Crippen MR) is 48.7 cm³/mol. The summed E-state index contributed by atoms with van der Waals surface area (Å²) in [6, 6.07) is 0.329. The molecule has 0 heterocycles. The molecule has 0 aliphatic carbocycles. The van der Waals surface area contributed by atoms with Gasteiger partial charge in [-0.25, -0.2) is 0 Å². The van der Waals surface area contributed by atoms with Crippen LogP contribution in [0.15, 0.2) is 0 Å². The Labute approximate surface area is 70.2 Å². The highest BCUT2D eigenvalue weighted by Crippen LogP contribution is 2.09. The normalized spacial score (nSPS) is 16.9. The van der Waals surface area contributed by atoms with Gasteiger partial charge in [0.15, 0.2) is 0 Å². The fourth-order valence-electron chi connectivity index (χ4n) is 1.47. The van der Waals surface area contributed by atoms with E-state index in [9.17, 15) is 5.11 Å². The Morgan fingerprint density at radius 1 is 1.27 bits per heavy atom. The first-order chi connectivity index (χ1) is 5.13. The zero-order valence-corrected chi connectivity index (χ0v) is 8.17. The molecule has 0 aliphatic heterocycles. The van der Waals surface area contributed by atoms with Gasteiger partial charge in [0, 0.05) is 6.04 Å². The summed E-state index contributed by atoms with van der Waals surface area (Å²) in [5, 5.41) is 9.64. The average molecular weight is 159 g/mol. The van der Waals surface area contributed by atoms with Gasteiger partial charge in [-0.1, -0.05) is 20.3 Å². The molecule has 11 heavy (non-hydrogen) atoms. The lowest BCUT2D eigenvalue weighted by molar-refractivity contribution is 0.0665. The molecule has 0 amide bonds. The van der Waals surface area contributed by atoms with E-state index in [1.54, 1.807) is 0 Å². The first-order valence-corrected chi connectivity index (χ1v) is 4.47. The van der Waals surface area contributed by atoms with Gasteiger partial charge in [0.2, 0.25) is 0 Å². The first-order valence-electron chi connectivity index (χ1n) is 4.47. The number of hydrogen-bond donors (Lipinski definition) is 1. The van der Waals surface area contributed by atoms with Crippen LogP contribution in [0.5, 0.6) is 0 Å². The lowest BCUT2D eigenvalue weighted by Crippen LogP contribution is -2.38. The van der Waals surface area contributed by atoms with Gasteiger partial charge < -0.3 is 10.0 Å². The van der Waals surface area contributed by atoms with Gasteiger partial charge in [0.1, 0.15) is 0 Å². The standard InChI is InChI=1S/C9H21NO/c1-5-7-9(11)8(6-2)10(3)4/h8-9,11H,5-7H2,1-4H3. The number of likely N-dealkylation sites (N-methyl/N-ethyl adjacent to an activating group) is 1. The van der Waals surface area contributed by atoms with E-state index in [-0.39, 0.29) is 6.10 Å². The summed E-state index contributed by atoms with van der Waals surface area (Å²) < 4.78 is 0. The highest BCUT2D eigenvalue weighted by Gasteiger charge is 2.17. The summed E-state index contributed by atoms with van der Waals surface area (Å²) in [6.07, 6.45) is 2.84. The molecule has 0 spiro atoms. The summed E-state index contributed by atoms with van der Waals surface area (Å²) in [6.45, 7) is 4.22. The van der Waals surface area contributed by atoms with Crippen LogP contribution in [0.1, 0.15) is 33.1 Å². The Hall–Kier alpha value is -0.0800. The molecule has 0 saturated carbocycles. The molecule has 68 valence electrons. The maximum Gasteiger partial charge on any atom is 0.0694 e. The monoisotopic (exact) mass is 159 g/mol. The zero-order valence-electron chi connectivity index (χ0n) is 8.17. The van der Waals surface area contributed by atoms with E-state index in [0.29, 0.717) is 6.04 Å². The maximum absolute atomic E-state index is 9.64. The Morgan fingerprint density at radius 2 is 1.82 bits per heavy atom. The van der Waals surface area contributed by atoms with Crippen LogP contribution in [-0.4, -0.2) is 36.2 Å². The van der Waals surface area contributed by atoms with Crippen molar-refractivity contribution in [1.82, 2.24) is 4.90 Å². The van der Waals surface area contributed by atoms with Crippen LogP contribution in [0.25, 0.3) is 0 Å². The number of hydrogen-bond acceptors (Lipinski definition) is 2. The lowest BCUT2D eigenvalue weighted by atomic mass is 10.0. The molecule has 0 aromatic carbocycles. The summed E-state index contributed by atoms with van der Waals surface area (Å²) in [5.74, 6) is 0. The zero-order chi connectivity index (χ0) is 8.85. The van der Waals surface area contributed by atoms with Gasteiger partial charge in [-0.05, 0) is 26.9 Å². The summed E-state index contributed by atoms with van der Waals surface area (Å²) in [4.78, 5) is 2.10. The van der Waals surface area contributed by atoms with Crippen molar-refractivity contribution in [2.24, 2.45) is 0 Å². The van der Waals surface area contributed by atoms with Gasteiger partial charge in [-0.2, -0.15) is 0 Å². The average Bonchev–Trinajstić information content (AvgIpc) is 1.88. The molecule has 0 aliphatic rings. The van der Waals surface area contributed by atoms with Crippen molar-refractivity contribution in [3.05, 3.63) is 0 Å². The number of aliphatic hydroxyl groups excluding tert-OH is 1. The summed E-state index contributed by atoms with van der Waals surface area (Å²) in [7, 11) is 4.04. The third kappa shape index (κ3) is 3.73. The molecule has 0 aromatic heterocycles. The van der Waals surface area contributed by atoms with Crippen LogP contribution in [0.2, 0.25) is 0 Å². The van der Waals surface area contributed by atoms with E-state index in [4.69, 9.17) is 0 Å². The lowest BCUT2D eigenvalue weighted by Gasteiger charge is -2.27. The minimum absolute atomic E-state index is 0.153. The first kappa shape index (κ1) is 10.9. The molecule has 2 atom stereocenters. The van der Waals surface area contributed by atoms with Gasteiger partial charge in [-0.15, -0.1) is 0 Å². The van der Waals surface area contributed by atoms with Crippen molar-refractivity contribution in [2.75, 3.05) is 14.1 Å². The molecule has 0 rings (SSSR count). The molecule has 1 N–H and O–H groups in total. The second kappa shape index (κ2) is 5.56. The number of nitrogens with zero attached hydrogens (tertiary/aromatic N) is 1. The molecule has 0 radical (unpaired) electrons. The van der Waals surface area contributed by atoms with Crippen molar-refractivity contribution in [3.63, 3.8) is 0 Å². The molecular formula is C9H21NO. The molecule has 0 saturated heterocycles. The van der Waals surface area contributed by atoms with Gasteiger partial charge in [0.05, 0.1) is 6.10 Å². The van der Waals surface area contributed by atoms with Crippen molar-refractivity contribution >= 4 is 0 Å². The molecule has 2 nitrogen and oxygen atoms in total. The highest BCUT2D eigenvalue weighted by molar-refractivity contribution is 4.73. The van der Waals surface area contributed by atoms with Crippen LogP contribution in [0, 0.1) is 0 Å². The fourth-order valence-corrected chi connectivity index (χ4v) is 1.47. The number of aliphatic hydroxyl groups is 1. The minimum atomic E-state index is -0.153. The summed E-state index contributed by atoms with van der Waals surface area (Å²) >= 11 is 0. The van der Waals surface area contributed by atoms with Crippen LogP contribution >= 0.6 is 0 Å². The Morgan fingerprint density at radius 3 is 2.09 bits per heavy atom. The third-order valence-corrected chi connectivity index (χ3v) is 2.11. The smallest absolute Gasteiger partial charge is 0.0694 e. The van der Waals surface area contributed by atoms with Crippen molar-refractivity contribution in [2.45, 2.75) is 45.3 Å². The Balaban J connectivity index is 3.81. The number of rotatable bonds is 5. The highest BCUT2D eigenvalue weighted by atomic mass is 16.3. The topological polar surface area (TPSA) is 23.5 Å². The Kier molecular flexibility index (Phi) is 5.51. The van der Waals surface area contributed by atoms with E-state index in [1.165, 1.54) is 0 Å². The molecule has 0 aromatic rings. The van der Waals surface area contributed by atoms with Gasteiger partial charge >= 0.3 is 0 Å². The van der Waals surface area contributed by atoms with E-state index in [0.717, 1.165) is 19.3 Å². The van der Waals surface area contributed by atoms with Crippen LogP contribution < -0.4 is 0 Å². The van der Waals surface area contributed by atoms with E-state index in [2.05, 4.69) is 18.7 Å². The second-order valence-corrected chi connectivity index (χ2v) is 3.30. The largest absolute Gasteiger partial charge is 0.391 e. The molecular weight excluding hydrogens is 138 g/mol. The second-order valence-electron chi connectivity index (χ2n) is 3.30. The molecule has 2 heteroatoms. The van der Waals surface area contributed by atoms with Crippen LogP contribution in [0.4, 0.5) is 0 Å². The van der Waals surface area contributed by atoms with Gasteiger partial charge in [-0.3, -0.25) is 0 Å². The van der Waals surface area contributed by atoms with Crippen molar-refractivity contribution in [3.8, 4) is 0 Å². The van der Waals surface area contributed by atoms with Crippen LogP contribution in [-0.2, 0) is 0 Å². The Bertz CT molecular complexity index is 93.6. The molecule has 2 unspecified atom stereocenters.